The summed E-state index contributed by atoms with van der Waals surface area (Å²) in [5.41, 5.74) is 0. The van der Waals surface area contributed by atoms with Gasteiger partial charge in [0.25, 0.3) is 0 Å². The number of piperazine rings is 1. The van der Waals surface area contributed by atoms with Crippen LogP contribution >= 0.6 is 0 Å². The monoisotopic (exact) mass is 255 g/mol. The van der Waals surface area contributed by atoms with Gasteiger partial charge in [0.05, 0.1) is 13.2 Å². The second-order valence-electron chi connectivity index (χ2n) is 5.19. The molecule has 18 heavy (non-hydrogen) atoms. The van der Waals surface area contributed by atoms with Crippen molar-refractivity contribution in [2.45, 2.75) is 25.3 Å². The molecule has 0 aromatic rings. The highest BCUT2D eigenvalue weighted by atomic mass is 16.5. The van der Waals surface area contributed by atoms with Crippen LogP contribution in [0.25, 0.3) is 0 Å². The molecule has 0 aliphatic carbocycles. The number of fused-ring (bicyclic) bond motifs is 1. The number of rotatable bonds is 5. The van der Waals surface area contributed by atoms with E-state index in [1.807, 2.05) is 4.90 Å². The Hall–Kier alpha value is -0.650. The summed E-state index contributed by atoms with van der Waals surface area (Å²) in [6.07, 6.45) is 3.89. The van der Waals surface area contributed by atoms with E-state index in [0.717, 1.165) is 26.2 Å². The molecule has 0 saturated carbocycles. The van der Waals surface area contributed by atoms with Crippen LogP contribution in [0.5, 0.6) is 0 Å². The number of nitrogens with one attached hydrogen (secondary N) is 1. The fourth-order valence-electron chi connectivity index (χ4n) is 2.86. The molecule has 5 heteroatoms. The van der Waals surface area contributed by atoms with Crippen molar-refractivity contribution in [3.05, 3.63) is 0 Å². The highest BCUT2D eigenvalue weighted by Gasteiger charge is 2.30. The second-order valence-corrected chi connectivity index (χ2v) is 5.19. The van der Waals surface area contributed by atoms with E-state index in [0.29, 0.717) is 19.2 Å². The number of hydrogen-bond donors (Lipinski definition) is 1. The predicted molar refractivity (Wildman–Crippen MR) is 70.5 cm³/mol. The minimum absolute atomic E-state index is 0.233. The molecule has 5 nitrogen and oxygen atoms in total. The van der Waals surface area contributed by atoms with E-state index in [2.05, 4.69) is 10.2 Å². The number of carbonyl (C=O) groups is 1. The molecule has 2 rings (SSSR count). The van der Waals surface area contributed by atoms with Crippen LogP contribution in [0.4, 0.5) is 0 Å². The summed E-state index contributed by atoms with van der Waals surface area (Å²) in [7, 11) is 1.67. The highest BCUT2D eigenvalue weighted by molar-refractivity contribution is 5.78. The number of methoxy groups -OCH3 is 1. The maximum Gasteiger partial charge on any atom is 0.236 e. The van der Waals surface area contributed by atoms with Gasteiger partial charge in [-0.15, -0.1) is 0 Å². The molecule has 0 aromatic heterocycles. The maximum atomic E-state index is 12.0. The lowest BCUT2D eigenvalue weighted by Gasteiger charge is -2.44. The smallest absolute Gasteiger partial charge is 0.236 e. The average molecular weight is 255 g/mol. The van der Waals surface area contributed by atoms with Gasteiger partial charge in [0, 0.05) is 39.3 Å². The Morgan fingerprint density at radius 3 is 3.06 bits per heavy atom. The lowest BCUT2D eigenvalue weighted by Crippen LogP contribution is -2.57. The standard InChI is InChI=1S/C13H25N3O2/c1-18-9-5-14-10-13(17)16-8-7-15-6-3-2-4-12(15)11-16/h12,14H,2-11H2,1H3. The first-order chi connectivity index (χ1) is 8.81. The summed E-state index contributed by atoms with van der Waals surface area (Å²) in [4.78, 5) is 16.6. The van der Waals surface area contributed by atoms with Crippen molar-refractivity contribution in [1.82, 2.24) is 15.1 Å². The third kappa shape index (κ3) is 3.67. The van der Waals surface area contributed by atoms with Gasteiger partial charge >= 0.3 is 0 Å². The second kappa shape index (κ2) is 7.07. The Bertz CT molecular complexity index is 273. The van der Waals surface area contributed by atoms with Crippen LogP contribution in [0.2, 0.25) is 0 Å². The van der Waals surface area contributed by atoms with Gasteiger partial charge in [0.1, 0.15) is 0 Å². The number of amides is 1. The van der Waals surface area contributed by atoms with E-state index in [9.17, 15) is 4.79 Å². The van der Waals surface area contributed by atoms with Gasteiger partial charge in [-0.3, -0.25) is 9.69 Å². The maximum absolute atomic E-state index is 12.0. The van der Waals surface area contributed by atoms with Gasteiger partial charge in [-0.25, -0.2) is 0 Å². The third-order valence-electron chi connectivity index (χ3n) is 3.95. The quantitative estimate of drug-likeness (QED) is 0.698. The molecule has 2 saturated heterocycles. The SMILES string of the molecule is COCCNCC(=O)N1CCN2CCCCC2C1. The van der Waals surface area contributed by atoms with Crippen molar-refractivity contribution < 1.29 is 9.53 Å². The van der Waals surface area contributed by atoms with Gasteiger partial charge < -0.3 is 15.0 Å². The first-order valence-corrected chi connectivity index (χ1v) is 7.02. The van der Waals surface area contributed by atoms with E-state index in [1.165, 1.54) is 25.8 Å². The van der Waals surface area contributed by atoms with E-state index in [-0.39, 0.29) is 5.91 Å². The van der Waals surface area contributed by atoms with Gasteiger partial charge in [-0.05, 0) is 19.4 Å². The molecule has 1 amide bonds. The predicted octanol–water partition coefficient (Wildman–Crippen LogP) is -0.0809. The van der Waals surface area contributed by atoms with Gasteiger partial charge in [0.2, 0.25) is 5.91 Å². The zero-order chi connectivity index (χ0) is 12.8. The first kappa shape index (κ1) is 13.8. The number of piperidine rings is 1. The minimum atomic E-state index is 0.233. The molecule has 1 unspecified atom stereocenters. The molecule has 1 N–H and O–H groups in total. The molecule has 0 radical (unpaired) electrons. The van der Waals surface area contributed by atoms with E-state index >= 15 is 0 Å². The molecular weight excluding hydrogens is 230 g/mol. The number of ether oxygens (including phenoxy) is 1. The van der Waals surface area contributed by atoms with E-state index < -0.39 is 0 Å². The summed E-state index contributed by atoms with van der Waals surface area (Å²) in [5, 5.41) is 3.13. The summed E-state index contributed by atoms with van der Waals surface area (Å²) in [6, 6.07) is 0.607. The summed E-state index contributed by atoms with van der Waals surface area (Å²) in [6.45, 7) is 5.92. The van der Waals surface area contributed by atoms with Crippen molar-refractivity contribution in [2.75, 3.05) is 53.0 Å². The Kier molecular flexibility index (Phi) is 5.41. The van der Waals surface area contributed by atoms with Crippen molar-refractivity contribution in [3.8, 4) is 0 Å². The number of hydrogen-bond acceptors (Lipinski definition) is 4. The van der Waals surface area contributed by atoms with Crippen LogP contribution in [-0.2, 0) is 9.53 Å². The largest absolute Gasteiger partial charge is 0.383 e. The Balaban J connectivity index is 1.71. The summed E-state index contributed by atoms with van der Waals surface area (Å²) < 4.78 is 4.95. The van der Waals surface area contributed by atoms with Gasteiger partial charge in [-0.1, -0.05) is 6.42 Å². The third-order valence-corrected chi connectivity index (χ3v) is 3.95. The number of carbonyl (C=O) groups excluding carboxylic acids is 1. The first-order valence-electron chi connectivity index (χ1n) is 7.02. The number of nitrogens with zero attached hydrogens (tertiary/aromatic N) is 2. The minimum Gasteiger partial charge on any atom is -0.383 e. The average Bonchev–Trinajstić information content (AvgIpc) is 2.43. The molecule has 2 aliphatic rings. The topological polar surface area (TPSA) is 44.8 Å². The Morgan fingerprint density at radius 1 is 1.33 bits per heavy atom. The van der Waals surface area contributed by atoms with Crippen molar-refractivity contribution >= 4 is 5.91 Å². The molecule has 0 bridgehead atoms. The lowest BCUT2D eigenvalue weighted by atomic mass is 9.99. The van der Waals surface area contributed by atoms with Crippen LogP contribution in [0, 0.1) is 0 Å². The van der Waals surface area contributed by atoms with Gasteiger partial charge in [-0.2, -0.15) is 0 Å². The highest BCUT2D eigenvalue weighted by Crippen LogP contribution is 2.20. The summed E-state index contributed by atoms with van der Waals surface area (Å²) in [5.74, 6) is 0.233. The van der Waals surface area contributed by atoms with Gasteiger partial charge in [0.15, 0.2) is 0 Å². The normalized spacial score (nSPS) is 24.9. The van der Waals surface area contributed by atoms with Crippen LogP contribution in [-0.4, -0.2) is 74.7 Å². The lowest BCUT2D eigenvalue weighted by molar-refractivity contribution is -0.133. The van der Waals surface area contributed by atoms with Crippen LogP contribution in [0.3, 0.4) is 0 Å². The molecule has 0 spiro atoms. The fourth-order valence-corrected chi connectivity index (χ4v) is 2.86. The fraction of sp³-hybridized carbons (Fsp3) is 0.923. The molecule has 0 aromatic carbocycles. The Morgan fingerprint density at radius 2 is 2.22 bits per heavy atom. The zero-order valence-electron chi connectivity index (χ0n) is 11.4. The molecule has 2 heterocycles. The molecule has 104 valence electrons. The summed E-state index contributed by atoms with van der Waals surface area (Å²) >= 11 is 0. The molecule has 1 atom stereocenters. The zero-order valence-corrected chi connectivity index (χ0v) is 11.4. The molecule has 2 fully saturated rings. The van der Waals surface area contributed by atoms with Crippen molar-refractivity contribution in [3.63, 3.8) is 0 Å². The van der Waals surface area contributed by atoms with Crippen LogP contribution < -0.4 is 5.32 Å². The van der Waals surface area contributed by atoms with Crippen LogP contribution in [0.15, 0.2) is 0 Å². The Labute approximate surface area is 109 Å². The van der Waals surface area contributed by atoms with Crippen LogP contribution in [0.1, 0.15) is 19.3 Å². The van der Waals surface area contributed by atoms with E-state index in [1.54, 1.807) is 7.11 Å². The van der Waals surface area contributed by atoms with Crippen molar-refractivity contribution in [1.29, 1.82) is 0 Å². The van der Waals surface area contributed by atoms with Crippen molar-refractivity contribution in [2.24, 2.45) is 0 Å². The molecule has 2 aliphatic heterocycles. The molecular formula is C13H25N3O2. The van der Waals surface area contributed by atoms with E-state index in [4.69, 9.17) is 4.74 Å².